The number of carbonyl (C=O) groups is 2. The fraction of sp³-hybridized carbons (Fsp3) is 0.429. The van der Waals surface area contributed by atoms with Gasteiger partial charge in [-0.2, -0.15) is 0 Å². The maximum Gasteiger partial charge on any atom is 0.352 e. The van der Waals surface area contributed by atoms with Crippen LogP contribution >= 0.6 is 0 Å². The first-order chi connectivity index (χ1) is 16.1. The maximum absolute atomic E-state index is 12.3. The molecule has 2 fully saturated rings. The SMILES string of the molecule is O=C(CCC1CCCC1)N/C(=C/c1ccc(Oc2ccccc2C2CCCC2)cc1)C(=O)O. The Morgan fingerprint density at radius 2 is 1.61 bits per heavy atom. The van der Waals surface area contributed by atoms with Gasteiger partial charge in [0, 0.05) is 6.42 Å². The first kappa shape index (κ1) is 23.1. The van der Waals surface area contributed by atoms with Crippen LogP contribution in [0, 0.1) is 5.92 Å². The molecule has 5 heteroatoms. The Kier molecular flexibility index (Phi) is 7.82. The third kappa shape index (κ3) is 6.47. The molecule has 2 aliphatic rings. The lowest BCUT2D eigenvalue weighted by atomic mass is 9.97. The molecule has 0 bridgehead atoms. The summed E-state index contributed by atoms with van der Waals surface area (Å²) in [7, 11) is 0. The minimum absolute atomic E-state index is 0.105. The number of rotatable bonds is 9. The van der Waals surface area contributed by atoms with Crippen LogP contribution in [-0.4, -0.2) is 17.0 Å². The number of hydrogen-bond acceptors (Lipinski definition) is 3. The lowest BCUT2D eigenvalue weighted by molar-refractivity contribution is -0.134. The van der Waals surface area contributed by atoms with Crippen LogP contribution in [0.1, 0.15) is 81.3 Å². The molecule has 0 unspecified atom stereocenters. The van der Waals surface area contributed by atoms with Crippen LogP contribution in [-0.2, 0) is 9.59 Å². The van der Waals surface area contributed by atoms with Crippen LogP contribution in [0.5, 0.6) is 11.5 Å². The van der Waals surface area contributed by atoms with Crippen LogP contribution in [0.3, 0.4) is 0 Å². The number of aliphatic carboxylic acids is 1. The van der Waals surface area contributed by atoms with E-state index < -0.39 is 5.97 Å². The highest BCUT2D eigenvalue weighted by Crippen LogP contribution is 2.40. The maximum atomic E-state index is 12.3. The van der Waals surface area contributed by atoms with Gasteiger partial charge in [-0.05, 0) is 66.5 Å². The van der Waals surface area contributed by atoms with Crippen LogP contribution in [0.2, 0.25) is 0 Å². The quantitative estimate of drug-likeness (QED) is 0.422. The number of carboxylic acid groups (broad SMARTS) is 1. The van der Waals surface area contributed by atoms with Gasteiger partial charge < -0.3 is 15.2 Å². The Bertz CT molecular complexity index is 983. The highest BCUT2D eigenvalue weighted by Gasteiger charge is 2.21. The number of amides is 1. The molecule has 0 aromatic heterocycles. The van der Waals surface area contributed by atoms with Gasteiger partial charge in [-0.1, -0.05) is 68.9 Å². The Hall–Kier alpha value is -3.08. The lowest BCUT2D eigenvalue weighted by Gasteiger charge is -2.16. The molecule has 0 radical (unpaired) electrons. The average molecular weight is 448 g/mol. The van der Waals surface area contributed by atoms with Gasteiger partial charge in [-0.3, -0.25) is 4.79 Å². The number of benzene rings is 2. The van der Waals surface area contributed by atoms with Gasteiger partial charge in [0.25, 0.3) is 0 Å². The van der Waals surface area contributed by atoms with E-state index in [9.17, 15) is 14.7 Å². The van der Waals surface area contributed by atoms with E-state index in [4.69, 9.17) is 4.74 Å². The molecule has 5 nitrogen and oxygen atoms in total. The summed E-state index contributed by atoms with van der Waals surface area (Å²) in [5, 5.41) is 12.1. The monoisotopic (exact) mass is 447 g/mol. The summed E-state index contributed by atoms with van der Waals surface area (Å²) in [5.41, 5.74) is 1.85. The molecule has 33 heavy (non-hydrogen) atoms. The summed E-state index contributed by atoms with van der Waals surface area (Å²) in [6.45, 7) is 0. The molecule has 0 atom stereocenters. The molecule has 2 saturated carbocycles. The number of para-hydroxylation sites is 1. The summed E-state index contributed by atoms with van der Waals surface area (Å²) in [4.78, 5) is 23.9. The molecule has 0 heterocycles. The van der Waals surface area contributed by atoms with Gasteiger partial charge in [0.15, 0.2) is 0 Å². The summed E-state index contributed by atoms with van der Waals surface area (Å²) < 4.78 is 6.17. The first-order valence-electron chi connectivity index (χ1n) is 12.2. The van der Waals surface area contributed by atoms with Crippen molar-refractivity contribution in [1.82, 2.24) is 5.32 Å². The highest BCUT2D eigenvalue weighted by molar-refractivity contribution is 5.96. The summed E-state index contributed by atoms with van der Waals surface area (Å²) >= 11 is 0. The summed E-state index contributed by atoms with van der Waals surface area (Å²) in [6, 6.07) is 15.5. The van der Waals surface area contributed by atoms with Crippen molar-refractivity contribution < 1.29 is 19.4 Å². The molecule has 2 aromatic carbocycles. The summed E-state index contributed by atoms with van der Waals surface area (Å²) in [6.07, 6.45) is 12.4. The van der Waals surface area contributed by atoms with E-state index in [0.717, 1.165) is 12.2 Å². The molecular weight excluding hydrogens is 414 g/mol. The van der Waals surface area contributed by atoms with Gasteiger partial charge in [-0.15, -0.1) is 0 Å². The molecule has 2 aromatic rings. The number of ether oxygens (including phenoxy) is 1. The lowest BCUT2D eigenvalue weighted by Crippen LogP contribution is -2.27. The van der Waals surface area contributed by atoms with E-state index in [1.807, 2.05) is 24.3 Å². The highest BCUT2D eigenvalue weighted by atomic mass is 16.5. The predicted molar refractivity (Wildman–Crippen MR) is 129 cm³/mol. The van der Waals surface area contributed by atoms with E-state index in [0.29, 0.717) is 29.6 Å². The van der Waals surface area contributed by atoms with E-state index in [1.54, 1.807) is 12.1 Å². The van der Waals surface area contributed by atoms with Crippen molar-refractivity contribution in [3.05, 3.63) is 65.4 Å². The Morgan fingerprint density at radius 3 is 2.30 bits per heavy atom. The van der Waals surface area contributed by atoms with E-state index in [2.05, 4.69) is 17.4 Å². The standard InChI is InChI=1S/C28H33NO4/c30-27(18-15-20-7-1-2-8-20)29-25(28(31)32)19-21-13-16-23(17-14-21)33-26-12-6-5-11-24(26)22-9-3-4-10-22/h5-6,11-14,16-17,19-20,22H,1-4,7-10,15,18H2,(H,29,30)(H,31,32)/b25-19+. The van der Waals surface area contributed by atoms with E-state index >= 15 is 0 Å². The topological polar surface area (TPSA) is 75.6 Å². The van der Waals surface area contributed by atoms with E-state index in [1.165, 1.54) is 63.0 Å². The zero-order valence-electron chi connectivity index (χ0n) is 19.1. The smallest absolute Gasteiger partial charge is 0.352 e. The molecule has 4 rings (SSSR count). The van der Waals surface area contributed by atoms with Gasteiger partial charge in [0.1, 0.15) is 17.2 Å². The summed E-state index contributed by atoms with van der Waals surface area (Å²) in [5.74, 6) is 1.36. The minimum Gasteiger partial charge on any atom is -0.477 e. The molecule has 2 N–H and O–H groups in total. The number of hydrogen-bond donors (Lipinski definition) is 2. The van der Waals surface area contributed by atoms with Gasteiger partial charge in [0.05, 0.1) is 0 Å². The van der Waals surface area contributed by atoms with Gasteiger partial charge >= 0.3 is 5.97 Å². The van der Waals surface area contributed by atoms with E-state index in [-0.39, 0.29) is 11.6 Å². The molecular formula is C28H33NO4. The molecule has 2 aliphatic carbocycles. The second-order valence-corrected chi connectivity index (χ2v) is 9.29. The van der Waals surface area contributed by atoms with Crippen LogP contribution < -0.4 is 10.1 Å². The second-order valence-electron chi connectivity index (χ2n) is 9.29. The van der Waals surface area contributed by atoms with Crippen LogP contribution in [0.4, 0.5) is 0 Å². The third-order valence-electron chi connectivity index (χ3n) is 6.89. The first-order valence-corrected chi connectivity index (χ1v) is 12.2. The number of carboxylic acids is 1. The Balaban J connectivity index is 1.39. The van der Waals surface area contributed by atoms with Crippen molar-refractivity contribution in [1.29, 1.82) is 0 Å². The second kappa shape index (κ2) is 11.2. The Labute approximate surface area is 195 Å². The Morgan fingerprint density at radius 1 is 0.939 bits per heavy atom. The van der Waals surface area contributed by atoms with Crippen molar-refractivity contribution in [2.45, 2.75) is 70.1 Å². The van der Waals surface area contributed by atoms with Crippen molar-refractivity contribution >= 4 is 18.0 Å². The zero-order chi connectivity index (χ0) is 23.0. The number of carbonyl (C=O) groups excluding carboxylic acids is 1. The fourth-order valence-corrected chi connectivity index (χ4v) is 5.07. The molecule has 1 amide bonds. The average Bonchev–Trinajstić information content (AvgIpc) is 3.53. The zero-order valence-corrected chi connectivity index (χ0v) is 19.1. The molecule has 0 aliphatic heterocycles. The van der Waals surface area contributed by atoms with Gasteiger partial charge in [0.2, 0.25) is 5.91 Å². The van der Waals surface area contributed by atoms with Crippen molar-refractivity contribution in [2.75, 3.05) is 0 Å². The van der Waals surface area contributed by atoms with Crippen LogP contribution in [0.25, 0.3) is 6.08 Å². The molecule has 0 saturated heterocycles. The van der Waals surface area contributed by atoms with Crippen LogP contribution in [0.15, 0.2) is 54.2 Å². The molecule has 0 spiro atoms. The third-order valence-corrected chi connectivity index (χ3v) is 6.89. The normalized spacial score (nSPS) is 17.3. The van der Waals surface area contributed by atoms with Crippen molar-refractivity contribution in [3.63, 3.8) is 0 Å². The minimum atomic E-state index is -1.14. The predicted octanol–water partition coefficient (Wildman–Crippen LogP) is 6.65. The van der Waals surface area contributed by atoms with Crippen molar-refractivity contribution in [2.24, 2.45) is 5.92 Å². The largest absolute Gasteiger partial charge is 0.477 e. The number of nitrogens with one attached hydrogen (secondary N) is 1. The van der Waals surface area contributed by atoms with Gasteiger partial charge in [-0.25, -0.2) is 4.79 Å². The van der Waals surface area contributed by atoms with Crippen molar-refractivity contribution in [3.8, 4) is 11.5 Å². The fourth-order valence-electron chi connectivity index (χ4n) is 5.07. The molecule has 174 valence electrons.